The van der Waals surface area contributed by atoms with Crippen LogP contribution in [0.1, 0.15) is 12.0 Å². The molecule has 0 amide bonds. The van der Waals surface area contributed by atoms with Crippen molar-refractivity contribution < 1.29 is 4.74 Å². The number of nitrogens with one attached hydrogen (secondary N) is 1. The molecule has 0 atom stereocenters. The molecule has 5 nitrogen and oxygen atoms in total. The van der Waals surface area contributed by atoms with Crippen molar-refractivity contribution in [1.29, 1.82) is 0 Å². The third-order valence-electron chi connectivity index (χ3n) is 3.45. The van der Waals surface area contributed by atoms with E-state index in [1.165, 1.54) is 17.7 Å². The van der Waals surface area contributed by atoms with Crippen LogP contribution in [0.25, 0.3) is 11.4 Å². The van der Waals surface area contributed by atoms with Crippen molar-refractivity contribution in [3.63, 3.8) is 0 Å². The van der Waals surface area contributed by atoms with E-state index < -0.39 is 0 Å². The van der Waals surface area contributed by atoms with Gasteiger partial charge in [-0.15, -0.1) is 10.2 Å². The first kappa shape index (κ1) is 12.2. The fourth-order valence-electron chi connectivity index (χ4n) is 2.45. The van der Waals surface area contributed by atoms with Crippen LogP contribution < -0.4 is 5.32 Å². The van der Waals surface area contributed by atoms with E-state index in [0.717, 1.165) is 30.9 Å². The number of ether oxygens (including phenoxy) is 1. The first-order valence-corrected chi connectivity index (χ1v) is 6.62. The van der Waals surface area contributed by atoms with E-state index >= 15 is 0 Å². The molecule has 5 heteroatoms. The number of benzene rings is 1. The van der Waals surface area contributed by atoms with Crippen molar-refractivity contribution >= 4 is 5.69 Å². The van der Waals surface area contributed by atoms with Crippen LogP contribution in [0.4, 0.5) is 5.69 Å². The van der Waals surface area contributed by atoms with E-state index in [1.807, 2.05) is 4.57 Å². The summed E-state index contributed by atoms with van der Waals surface area (Å²) in [5.74, 6) is 0.908. The van der Waals surface area contributed by atoms with Crippen LogP contribution in [-0.2, 0) is 17.7 Å². The molecule has 0 spiro atoms. The Kier molecular flexibility index (Phi) is 3.46. The average Bonchev–Trinajstić information content (AvgIpc) is 2.93. The maximum Gasteiger partial charge on any atom is 0.163 e. The summed E-state index contributed by atoms with van der Waals surface area (Å²) < 4.78 is 7.14. The molecule has 0 radical (unpaired) electrons. The number of rotatable bonds is 4. The first-order valence-electron chi connectivity index (χ1n) is 6.62. The van der Waals surface area contributed by atoms with Crippen LogP contribution in [-0.4, -0.2) is 35.0 Å². The van der Waals surface area contributed by atoms with Crippen LogP contribution in [0.2, 0.25) is 0 Å². The van der Waals surface area contributed by atoms with Crippen LogP contribution in [0.15, 0.2) is 24.5 Å². The van der Waals surface area contributed by atoms with Gasteiger partial charge >= 0.3 is 0 Å². The number of anilines is 1. The quantitative estimate of drug-likeness (QED) is 0.910. The number of methoxy groups -OCH3 is 1. The molecule has 1 N–H and O–H groups in total. The lowest BCUT2D eigenvalue weighted by Gasteiger charge is -2.18. The molecule has 0 fully saturated rings. The number of hydrogen-bond donors (Lipinski definition) is 1. The molecule has 2 heterocycles. The zero-order chi connectivity index (χ0) is 13.1. The van der Waals surface area contributed by atoms with E-state index in [-0.39, 0.29) is 0 Å². The third-order valence-corrected chi connectivity index (χ3v) is 3.45. The van der Waals surface area contributed by atoms with Crippen LogP contribution in [0, 0.1) is 0 Å². The number of fused-ring (bicyclic) bond motifs is 1. The number of aromatic nitrogens is 3. The molecular formula is C14H18N4O. The van der Waals surface area contributed by atoms with E-state index in [2.05, 4.69) is 33.7 Å². The van der Waals surface area contributed by atoms with Gasteiger partial charge in [0, 0.05) is 31.5 Å². The minimum absolute atomic E-state index is 0.664. The van der Waals surface area contributed by atoms with Gasteiger partial charge in [0.15, 0.2) is 5.82 Å². The maximum absolute atomic E-state index is 5.11. The molecule has 1 aliphatic rings. The predicted octanol–water partition coefficient (Wildman–Crippen LogP) is 1.95. The fourth-order valence-corrected chi connectivity index (χ4v) is 2.45. The van der Waals surface area contributed by atoms with E-state index in [9.17, 15) is 0 Å². The molecule has 3 rings (SSSR count). The van der Waals surface area contributed by atoms with E-state index in [0.29, 0.717) is 6.61 Å². The summed E-state index contributed by atoms with van der Waals surface area (Å²) >= 11 is 0. The highest BCUT2D eigenvalue weighted by Crippen LogP contribution is 2.27. The highest BCUT2D eigenvalue weighted by atomic mass is 16.5. The monoisotopic (exact) mass is 258 g/mol. The summed E-state index contributed by atoms with van der Waals surface area (Å²) in [6.07, 6.45) is 4.07. The smallest absolute Gasteiger partial charge is 0.163 e. The Balaban J connectivity index is 1.91. The fraction of sp³-hybridized carbons (Fsp3) is 0.429. The lowest BCUT2D eigenvalue weighted by atomic mass is 10.0. The molecule has 1 aliphatic heterocycles. The Labute approximate surface area is 112 Å². The molecule has 0 saturated heterocycles. The van der Waals surface area contributed by atoms with Gasteiger partial charge < -0.3 is 14.6 Å². The maximum atomic E-state index is 5.11. The van der Waals surface area contributed by atoms with Crippen molar-refractivity contribution in [3.8, 4) is 11.4 Å². The van der Waals surface area contributed by atoms with Crippen LogP contribution in [0.5, 0.6) is 0 Å². The lowest BCUT2D eigenvalue weighted by molar-refractivity contribution is 0.187. The Morgan fingerprint density at radius 1 is 1.42 bits per heavy atom. The molecule has 19 heavy (non-hydrogen) atoms. The van der Waals surface area contributed by atoms with Crippen LogP contribution >= 0.6 is 0 Å². The van der Waals surface area contributed by atoms with Gasteiger partial charge in [-0.25, -0.2) is 0 Å². The van der Waals surface area contributed by atoms with Crippen molar-refractivity contribution in [1.82, 2.24) is 14.8 Å². The molecule has 0 aliphatic carbocycles. The zero-order valence-corrected chi connectivity index (χ0v) is 11.1. The van der Waals surface area contributed by atoms with Gasteiger partial charge in [-0.1, -0.05) is 0 Å². The Morgan fingerprint density at radius 3 is 3.26 bits per heavy atom. The van der Waals surface area contributed by atoms with E-state index in [4.69, 9.17) is 4.74 Å². The van der Waals surface area contributed by atoms with Crippen molar-refractivity contribution in [2.45, 2.75) is 19.4 Å². The minimum Gasteiger partial charge on any atom is -0.385 e. The summed E-state index contributed by atoms with van der Waals surface area (Å²) in [6, 6.07) is 6.46. The van der Waals surface area contributed by atoms with Gasteiger partial charge in [-0.3, -0.25) is 0 Å². The Hall–Kier alpha value is -1.88. The first-order chi connectivity index (χ1) is 9.38. The second kappa shape index (κ2) is 5.40. The highest BCUT2D eigenvalue weighted by Gasteiger charge is 2.12. The van der Waals surface area contributed by atoms with Gasteiger partial charge in [0.2, 0.25) is 0 Å². The average molecular weight is 258 g/mol. The van der Waals surface area contributed by atoms with Gasteiger partial charge in [-0.05, 0) is 36.6 Å². The molecule has 100 valence electrons. The van der Waals surface area contributed by atoms with Gasteiger partial charge in [0.05, 0.1) is 6.61 Å². The SMILES string of the molecule is COCCn1cnnc1-c1ccc2c(c1)CCCN2. The molecule has 0 saturated carbocycles. The largest absolute Gasteiger partial charge is 0.385 e. The summed E-state index contributed by atoms with van der Waals surface area (Å²) in [5, 5.41) is 11.7. The lowest BCUT2D eigenvalue weighted by Crippen LogP contribution is -2.11. The normalized spacial score (nSPS) is 13.9. The van der Waals surface area contributed by atoms with Crippen molar-refractivity contribution in [3.05, 3.63) is 30.1 Å². The van der Waals surface area contributed by atoms with Crippen molar-refractivity contribution in [2.24, 2.45) is 0 Å². The van der Waals surface area contributed by atoms with E-state index in [1.54, 1.807) is 13.4 Å². The molecular weight excluding hydrogens is 240 g/mol. The van der Waals surface area contributed by atoms with Gasteiger partial charge in [-0.2, -0.15) is 0 Å². The molecule has 1 aromatic carbocycles. The Bertz CT molecular complexity index is 564. The summed E-state index contributed by atoms with van der Waals surface area (Å²) in [7, 11) is 1.70. The number of nitrogens with zero attached hydrogens (tertiary/aromatic N) is 3. The Morgan fingerprint density at radius 2 is 2.37 bits per heavy atom. The summed E-state index contributed by atoms with van der Waals surface area (Å²) in [6.45, 7) is 2.50. The van der Waals surface area contributed by atoms with Gasteiger partial charge in [0.1, 0.15) is 6.33 Å². The topological polar surface area (TPSA) is 52.0 Å². The third kappa shape index (κ3) is 2.46. The standard InChI is InChI=1S/C14H18N4O/c1-19-8-7-18-10-16-17-14(18)12-4-5-13-11(9-12)3-2-6-15-13/h4-5,9-10,15H,2-3,6-8H2,1H3. The molecule has 0 unspecified atom stereocenters. The number of aryl methyl sites for hydroxylation is 1. The zero-order valence-electron chi connectivity index (χ0n) is 11.1. The van der Waals surface area contributed by atoms with Crippen LogP contribution in [0.3, 0.4) is 0 Å². The second-order valence-electron chi connectivity index (χ2n) is 4.74. The molecule has 1 aromatic heterocycles. The van der Waals surface area contributed by atoms with Gasteiger partial charge in [0.25, 0.3) is 0 Å². The molecule has 0 bridgehead atoms. The highest BCUT2D eigenvalue weighted by molar-refractivity contribution is 5.64. The van der Waals surface area contributed by atoms with Crippen molar-refractivity contribution in [2.75, 3.05) is 25.6 Å². The summed E-state index contributed by atoms with van der Waals surface area (Å²) in [5.41, 5.74) is 3.74. The minimum atomic E-state index is 0.664. The number of hydrogen-bond acceptors (Lipinski definition) is 4. The second-order valence-corrected chi connectivity index (χ2v) is 4.74. The predicted molar refractivity (Wildman–Crippen MR) is 74.1 cm³/mol. The summed E-state index contributed by atoms with van der Waals surface area (Å²) in [4.78, 5) is 0. The molecule has 2 aromatic rings.